The molecule has 0 aliphatic carbocycles. The largest absolute Gasteiger partial charge is 0.392 e. The van der Waals surface area contributed by atoms with E-state index in [9.17, 15) is 5.11 Å². The summed E-state index contributed by atoms with van der Waals surface area (Å²) in [6.07, 6.45) is 0.405. The molecule has 2 aliphatic heterocycles. The summed E-state index contributed by atoms with van der Waals surface area (Å²) < 4.78 is 18.2. The predicted molar refractivity (Wildman–Crippen MR) is 110 cm³/mol. The van der Waals surface area contributed by atoms with Gasteiger partial charge in [0.15, 0.2) is 6.29 Å². The van der Waals surface area contributed by atoms with Crippen LogP contribution in [-0.2, 0) is 27.4 Å². The van der Waals surface area contributed by atoms with Crippen LogP contribution in [0.5, 0.6) is 0 Å². The highest BCUT2D eigenvalue weighted by Gasteiger charge is 2.33. The van der Waals surface area contributed by atoms with Crippen molar-refractivity contribution in [2.75, 3.05) is 32.8 Å². The zero-order valence-electron chi connectivity index (χ0n) is 16.7. The third kappa shape index (κ3) is 5.22. The zero-order chi connectivity index (χ0) is 20.1. The van der Waals surface area contributed by atoms with Crippen molar-refractivity contribution in [3.8, 4) is 0 Å². The Balaban J connectivity index is 1.53. The number of nitrogens with two attached hydrogens (primary N) is 1. The summed E-state index contributed by atoms with van der Waals surface area (Å²) in [4.78, 5) is 2.40. The van der Waals surface area contributed by atoms with Crippen molar-refractivity contribution in [2.45, 2.75) is 38.1 Å². The van der Waals surface area contributed by atoms with Gasteiger partial charge in [-0.3, -0.25) is 4.90 Å². The van der Waals surface area contributed by atoms with Gasteiger partial charge in [-0.2, -0.15) is 0 Å². The Bertz CT molecular complexity index is 704. The predicted octanol–water partition coefficient (Wildman–Crippen LogP) is 2.52. The van der Waals surface area contributed by atoms with E-state index in [-0.39, 0.29) is 18.8 Å². The SMILES string of the molecule is NCc1ccc([C@H]2O[C@@H](CN3CCOCC3)C[C@@H](c3ccc(CO)cc3)O2)cc1. The van der Waals surface area contributed by atoms with Crippen LogP contribution in [0, 0.1) is 0 Å². The monoisotopic (exact) mass is 398 g/mol. The maximum atomic E-state index is 9.32. The summed E-state index contributed by atoms with van der Waals surface area (Å²) in [5.41, 5.74) is 9.84. The van der Waals surface area contributed by atoms with Crippen molar-refractivity contribution >= 4 is 0 Å². The molecule has 2 aromatic carbocycles. The lowest BCUT2D eigenvalue weighted by atomic mass is 9.99. The Hall–Kier alpha value is -1.80. The van der Waals surface area contributed by atoms with Crippen LogP contribution in [0.15, 0.2) is 48.5 Å². The highest BCUT2D eigenvalue weighted by Crippen LogP contribution is 2.38. The molecule has 0 bridgehead atoms. The maximum Gasteiger partial charge on any atom is 0.184 e. The minimum absolute atomic E-state index is 0.0463. The minimum atomic E-state index is -0.413. The maximum absolute atomic E-state index is 9.32. The fraction of sp³-hybridized carbons (Fsp3) is 0.478. The first-order valence-corrected chi connectivity index (χ1v) is 10.3. The number of hydrogen-bond acceptors (Lipinski definition) is 6. The molecule has 0 radical (unpaired) electrons. The lowest BCUT2D eigenvalue weighted by molar-refractivity contribution is -0.253. The summed E-state index contributed by atoms with van der Waals surface area (Å²) in [6.45, 7) is 4.86. The van der Waals surface area contributed by atoms with E-state index in [1.165, 1.54) is 0 Å². The van der Waals surface area contributed by atoms with Crippen LogP contribution in [0.2, 0.25) is 0 Å². The number of aliphatic hydroxyl groups excluding tert-OH is 1. The molecule has 2 fully saturated rings. The number of rotatable bonds is 6. The van der Waals surface area contributed by atoms with Gasteiger partial charge in [0.2, 0.25) is 0 Å². The Labute approximate surface area is 172 Å². The Morgan fingerprint density at radius 2 is 1.55 bits per heavy atom. The number of hydrogen-bond donors (Lipinski definition) is 2. The van der Waals surface area contributed by atoms with Crippen LogP contribution < -0.4 is 5.73 Å². The normalized spacial score (nSPS) is 25.8. The van der Waals surface area contributed by atoms with Gasteiger partial charge in [-0.05, 0) is 16.7 Å². The lowest BCUT2D eigenvalue weighted by Crippen LogP contribution is -2.44. The molecule has 2 aliphatic rings. The number of nitrogens with zero attached hydrogens (tertiary/aromatic N) is 1. The Morgan fingerprint density at radius 3 is 2.21 bits per heavy atom. The molecule has 0 amide bonds. The van der Waals surface area contributed by atoms with Gasteiger partial charge < -0.3 is 25.1 Å². The van der Waals surface area contributed by atoms with E-state index in [0.717, 1.165) is 61.5 Å². The van der Waals surface area contributed by atoms with Crippen LogP contribution in [0.4, 0.5) is 0 Å². The van der Waals surface area contributed by atoms with Gasteiger partial charge in [0.05, 0.1) is 32.0 Å². The van der Waals surface area contributed by atoms with Gasteiger partial charge in [0.25, 0.3) is 0 Å². The van der Waals surface area contributed by atoms with E-state index in [1.807, 2.05) is 48.5 Å². The van der Waals surface area contributed by atoms with Gasteiger partial charge >= 0.3 is 0 Å². The lowest BCUT2D eigenvalue weighted by Gasteiger charge is -2.39. The van der Waals surface area contributed by atoms with E-state index in [4.69, 9.17) is 19.9 Å². The van der Waals surface area contributed by atoms with Gasteiger partial charge in [0, 0.05) is 38.2 Å². The summed E-state index contributed by atoms with van der Waals surface area (Å²) in [5, 5.41) is 9.32. The summed E-state index contributed by atoms with van der Waals surface area (Å²) >= 11 is 0. The van der Waals surface area contributed by atoms with E-state index in [0.29, 0.717) is 6.54 Å². The molecule has 3 atom stereocenters. The van der Waals surface area contributed by atoms with Crippen molar-refractivity contribution in [2.24, 2.45) is 5.73 Å². The van der Waals surface area contributed by atoms with Crippen molar-refractivity contribution < 1.29 is 19.3 Å². The first kappa shape index (κ1) is 20.5. The first-order chi connectivity index (χ1) is 14.2. The number of aliphatic hydroxyl groups is 1. The van der Waals surface area contributed by atoms with Crippen molar-refractivity contribution in [3.05, 3.63) is 70.8 Å². The highest BCUT2D eigenvalue weighted by atomic mass is 16.7. The molecule has 156 valence electrons. The molecule has 2 saturated heterocycles. The second-order valence-corrected chi connectivity index (χ2v) is 7.71. The molecule has 2 aromatic rings. The van der Waals surface area contributed by atoms with Gasteiger partial charge in [-0.1, -0.05) is 48.5 Å². The average Bonchev–Trinajstić information content (AvgIpc) is 2.79. The topological polar surface area (TPSA) is 77.2 Å². The fourth-order valence-electron chi connectivity index (χ4n) is 3.92. The third-order valence-corrected chi connectivity index (χ3v) is 5.67. The molecule has 0 aromatic heterocycles. The molecule has 6 nitrogen and oxygen atoms in total. The zero-order valence-corrected chi connectivity index (χ0v) is 16.7. The van der Waals surface area contributed by atoms with Crippen molar-refractivity contribution in [1.29, 1.82) is 0 Å². The van der Waals surface area contributed by atoms with E-state index >= 15 is 0 Å². The number of benzene rings is 2. The molecule has 2 heterocycles. The van der Waals surface area contributed by atoms with Gasteiger partial charge in [-0.25, -0.2) is 0 Å². The number of ether oxygens (including phenoxy) is 3. The fourth-order valence-corrected chi connectivity index (χ4v) is 3.92. The molecule has 0 unspecified atom stereocenters. The second-order valence-electron chi connectivity index (χ2n) is 7.71. The highest BCUT2D eigenvalue weighted by molar-refractivity contribution is 5.26. The van der Waals surface area contributed by atoms with Crippen LogP contribution in [0.3, 0.4) is 0 Å². The quantitative estimate of drug-likeness (QED) is 0.779. The smallest absolute Gasteiger partial charge is 0.184 e. The average molecular weight is 399 g/mol. The molecule has 3 N–H and O–H groups in total. The van der Waals surface area contributed by atoms with E-state index < -0.39 is 6.29 Å². The van der Waals surface area contributed by atoms with Crippen molar-refractivity contribution in [3.63, 3.8) is 0 Å². The van der Waals surface area contributed by atoms with E-state index in [2.05, 4.69) is 4.90 Å². The summed E-state index contributed by atoms with van der Waals surface area (Å²) in [6, 6.07) is 16.1. The molecule has 6 heteroatoms. The standard InChI is InChI=1S/C23H30N2O4/c24-14-17-1-7-20(8-2-17)23-28-21(15-25-9-11-27-12-10-25)13-22(29-23)19-5-3-18(16-26)4-6-19/h1-8,21-23,26H,9-16,24H2/t21-,22+,23+/m1/s1. The molecular formula is C23H30N2O4. The third-order valence-electron chi connectivity index (χ3n) is 5.67. The van der Waals surface area contributed by atoms with Crippen LogP contribution in [0.1, 0.15) is 41.1 Å². The molecular weight excluding hydrogens is 368 g/mol. The molecule has 4 rings (SSSR count). The van der Waals surface area contributed by atoms with Crippen molar-refractivity contribution in [1.82, 2.24) is 4.90 Å². The Morgan fingerprint density at radius 1 is 0.897 bits per heavy atom. The molecule has 0 saturated carbocycles. The summed E-state index contributed by atoms with van der Waals surface area (Å²) in [7, 11) is 0. The second kappa shape index (κ2) is 9.80. The van der Waals surface area contributed by atoms with Crippen LogP contribution in [0.25, 0.3) is 0 Å². The van der Waals surface area contributed by atoms with Crippen LogP contribution in [-0.4, -0.2) is 49.0 Å². The van der Waals surface area contributed by atoms with Gasteiger partial charge in [-0.15, -0.1) is 0 Å². The molecule has 29 heavy (non-hydrogen) atoms. The van der Waals surface area contributed by atoms with E-state index in [1.54, 1.807) is 0 Å². The summed E-state index contributed by atoms with van der Waals surface area (Å²) in [5.74, 6) is 0. The van der Waals surface area contributed by atoms with Gasteiger partial charge in [0.1, 0.15) is 0 Å². The minimum Gasteiger partial charge on any atom is -0.392 e. The molecule has 0 spiro atoms. The van der Waals surface area contributed by atoms with Crippen LogP contribution >= 0.6 is 0 Å². The first-order valence-electron chi connectivity index (χ1n) is 10.3. The number of morpholine rings is 1. The Kier molecular flexibility index (Phi) is 6.92.